The van der Waals surface area contributed by atoms with Gasteiger partial charge >= 0.3 is 0 Å². The standard InChI is InChI=1S/C6H10N2O3/c1-3(9)5-6(4(2)10)8-11-7-5/h3-4,9-10H,1-2H3. The van der Waals surface area contributed by atoms with Crippen LogP contribution in [0, 0.1) is 0 Å². The minimum absolute atomic E-state index is 0.292. The fourth-order valence-corrected chi connectivity index (χ4v) is 0.782. The van der Waals surface area contributed by atoms with E-state index in [2.05, 4.69) is 14.9 Å². The largest absolute Gasteiger partial charge is 0.387 e. The summed E-state index contributed by atoms with van der Waals surface area (Å²) in [5, 5.41) is 25.0. The van der Waals surface area contributed by atoms with Gasteiger partial charge in [-0.3, -0.25) is 0 Å². The van der Waals surface area contributed by atoms with Crippen molar-refractivity contribution >= 4 is 0 Å². The zero-order valence-corrected chi connectivity index (χ0v) is 6.35. The molecule has 5 nitrogen and oxygen atoms in total. The molecule has 0 aliphatic carbocycles. The third-order valence-electron chi connectivity index (χ3n) is 1.33. The van der Waals surface area contributed by atoms with Crippen molar-refractivity contribution in [2.45, 2.75) is 26.1 Å². The monoisotopic (exact) mass is 158 g/mol. The van der Waals surface area contributed by atoms with Crippen LogP contribution in [0.1, 0.15) is 37.4 Å². The van der Waals surface area contributed by atoms with Gasteiger partial charge in [0.1, 0.15) is 11.4 Å². The molecule has 2 atom stereocenters. The highest BCUT2D eigenvalue weighted by Gasteiger charge is 2.18. The summed E-state index contributed by atoms with van der Waals surface area (Å²) in [6, 6.07) is 0. The van der Waals surface area contributed by atoms with E-state index in [4.69, 9.17) is 10.2 Å². The van der Waals surface area contributed by atoms with Crippen molar-refractivity contribution in [1.82, 2.24) is 10.3 Å². The fraction of sp³-hybridized carbons (Fsp3) is 0.667. The molecule has 2 unspecified atom stereocenters. The number of hydrogen-bond donors (Lipinski definition) is 2. The highest BCUT2D eigenvalue weighted by Crippen LogP contribution is 2.18. The Balaban J connectivity index is 2.96. The van der Waals surface area contributed by atoms with Gasteiger partial charge in [0.05, 0.1) is 12.2 Å². The first-order valence-electron chi connectivity index (χ1n) is 3.31. The molecule has 1 aromatic rings. The molecule has 1 rings (SSSR count). The molecule has 0 aliphatic rings. The maximum absolute atomic E-state index is 9.07. The van der Waals surface area contributed by atoms with Crippen LogP contribution in [-0.4, -0.2) is 20.5 Å². The summed E-state index contributed by atoms with van der Waals surface area (Å²) in [6.45, 7) is 3.07. The Morgan fingerprint density at radius 3 is 1.73 bits per heavy atom. The molecule has 1 heterocycles. The molecule has 0 fully saturated rings. The SMILES string of the molecule is CC(O)c1nonc1C(C)O. The molecule has 0 aromatic carbocycles. The molecular weight excluding hydrogens is 148 g/mol. The first kappa shape index (κ1) is 8.16. The van der Waals surface area contributed by atoms with Gasteiger partial charge in [-0.25, -0.2) is 4.63 Å². The van der Waals surface area contributed by atoms with Crippen LogP contribution in [0.5, 0.6) is 0 Å². The minimum Gasteiger partial charge on any atom is -0.387 e. The van der Waals surface area contributed by atoms with Crippen molar-refractivity contribution < 1.29 is 14.8 Å². The lowest BCUT2D eigenvalue weighted by Gasteiger charge is -2.02. The summed E-state index contributed by atoms with van der Waals surface area (Å²) in [4.78, 5) is 0. The summed E-state index contributed by atoms with van der Waals surface area (Å²) in [5.41, 5.74) is 0.583. The summed E-state index contributed by atoms with van der Waals surface area (Å²) in [7, 11) is 0. The van der Waals surface area contributed by atoms with Crippen LogP contribution in [0.25, 0.3) is 0 Å². The Bertz CT molecular complexity index is 209. The molecule has 62 valence electrons. The molecule has 0 radical (unpaired) electrons. The Hall–Kier alpha value is -0.940. The molecular formula is C6H10N2O3. The van der Waals surface area contributed by atoms with Crippen LogP contribution in [-0.2, 0) is 0 Å². The second kappa shape index (κ2) is 2.98. The van der Waals surface area contributed by atoms with E-state index in [0.29, 0.717) is 11.4 Å². The predicted octanol–water partition coefficient (Wildman–Crippen LogP) is 0.176. The first-order valence-corrected chi connectivity index (χ1v) is 3.31. The maximum atomic E-state index is 9.07. The van der Waals surface area contributed by atoms with E-state index in [0.717, 1.165) is 0 Å². The lowest BCUT2D eigenvalue weighted by Crippen LogP contribution is -2.00. The third kappa shape index (κ3) is 1.55. The van der Waals surface area contributed by atoms with E-state index in [1.165, 1.54) is 13.8 Å². The molecule has 5 heteroatoms. The Morgan fingerprint density at radius 1 is 1.09 bits per heavy atom. The average molecular weight is 158 g/mol. The molecule has 1 aromatic heterocycles. The number of aliphatic hydroxyl groups excluding tert-OH is 2. The quantitative estimate of drug-likeness (QED) is 0.641. The van der Waals surface area contributed by atoms with Gasteiger partial charge in [-0.15, -0.1) is 0 Å². The number of nitrogens with zero attached hydrogens (tertiary/aromatic N) is 2. The van der Waals surface area contributed by atoms with Crippen LogP contribution in [0.15, 0.2) is 4.63 Å². The second-order valence-electron chi connectivity index (χ2n) is 2.39. The van der Waals surface area contributed by atoms with Gasteiger partial charge in [0.25, 0.3) is 0 Å². The van der Waals surface area contributed by atoms with E-state index in [1.807, 2.05) is 0 Å². The van der Waals surface area contributed by atoms with Gasteiger partial charge < -0.3 is 10.2 Å². The Labute approximate surface area is 63.6 Å². The number of rotatable bonds is 2. The Kier molecular flexibility index (Phi) is 2.21. The lowest BCUT2D eigenvalue weighted by atomic mass is 10.2. The second-order valence-corrected chi connectivity index (χ2v) is 2.39. The van der Waals surface area contributed by atoms with Crippen molar-refractivity contribution in [3.8, 4) is 0 Å². The van der Waals surface area contributed by atoms with Crippen molar-refractivity contribution in [2.24, 2.45) is 0 Å². The van der Waals surface area contributed by atoms with Crippen molar-refractivity contribution in [3.05, 3.63) is 11.4 Å². The van der Waals surface area contributed by atoms with E-state index in [1.54, 1.807) is 0 Å². The number of aliphatic hydroxyl groups is 2. The minimum atomic E-state index is -0.758. The normalized spacial score (nSPS) is 16.4. The zero-order chi connectivity index (χ0) is 8.43. The topological polar surface area (TPSA) is 79.4 Å². The summed E-state index contributed by atoms with van der Waals surface area (Å²) < 4.78 is 4.35. The molecule has 2 N–H and O–H groups in total. The molecule has 11 heavy (non-hydrogen) atoms. The van der Waals surface area contributed by atoms with E-state index in [9.17, 15) is 0 Å². The fourth-order valence-electron chi connectivity index (χ4n) is 0.782. The van der Waals surface area contributed by atoms with Crippen LogP contribution < -0.4 is 0 Å². The van der Waals surface area contributed by atoms with Crippen LogP contribution in [0.4, 0.5) is 0 Å². The van der Waals surface area contributed by atoms with Gasteiger partial charge in [-0.05, 0) is 13.8 Å². The Morgan fingerprint density at radius 2 is 1.45 bits per heavy atom. The molecule has 0 saturated heterocycles. The highest BCUT2D eigenvalue weighted by molar-refractivity contribution is 5.11. The van der Waals surface area contributed by atoms with Crippen LogP contribution in [0.2, 0.25) is 0 Å². The van der Waals surface area contributed by atoms with Crippen molar-refractivity contribution in [2.75, 3.05) is 0 Å². The number of hydrogen-bond acceptors (Lipinski definition) is 5. The third-order valence-corrected chi connectivity index (χ3v) is 1.33. The predicted molar refractivity (Wildman–Crippen MR) is 35.6 cm³/mol. The first-order chi connectivity index (χ1) is 5.13. The average Bonchev–Trinajstić information content (AvgIpc) is 2.32. The maximum Gasteiger partial charge on any atom is 0.139 e. The van der Waals surface area contributed by atoms with Gasteiger partial charge in [0.15, 0.2) is 0 Å². The van der Waals surface area contributed by atoms with Crippen molar-refractivity contribution in [1.29, 1.82) is 0 Å². The molecule has 0 amide bonds. The molecule has 0 saturated carbocycles. The van der Waals surface area contributed by atoms with E-state index < -0.39 is 12.2 Å². The molecule has 0 spiro atoms. The smallest absolute Gasteiger partial charge is 0.139 e. The number of aromatic nitrogens is 2. The van der Waals surface area contributed by atoms with Gasteiger partial charge in [-0.1, -0.05) is 10.3 Å². The summed E-state index contributed by atoms with van der Waals surface area (Å²) >= 11 is 0. The molecule has 0 aliphatic heterocycles. The van der Waals surface area contributed by atoms with Crippen molar-refractivity contribution in [3.63, 3.8) is 0 Å². The van der Waals surface area contributed by atoms with Crippen LogP contribution >= 0.6 is 0 Å². The van der Waals surface area contributed by atoms with Gasteiger partial charge in [-0.2, -0.15) is 0 Å². The van der Waals surface area contributed by atoms with Gasteiger partial charge in [0, 0.05) is 0 Å². The van der Waals surface area contributed by atoms with E-state index in [-0.39, 0.29) is 0 Å². The molecule has 0 bridgehead atoms. The summed E-state index contributed by atoms with van der Waals surface area (Å²) in [6.07, 6.45) is -1.52. The summed E-state index contributed by atoms with van der Waals surface area (Å²) in [5.74, 6) is 0. The lowest BCUT2D eigenvalue weighted by molar-refractivity contribution is 0.170. The van der Waals surface area contributed by atoms with Crippen LogP contribution in [0.3, 0.4) is 0 Å². The van der Waals surface area contributed by atoms with E-state index >= 15 is 0 Å². The highest BCUT2D eigenvalue weighted by atomic mass is 16.6. The zero-order valence-electron chi connectivity index (χ0n) is 6.35. The van der Waals surface area contributed by atoms with Gasteiger partial charge in [0.2, 0.25) is 0 Å².